The fourth-order valence-corrected chi connectivity index (χ4v) is 3.15. The Hall–Kier alpha value is -2.01. The molecule has 4 nitrogen and oxygen atoms in total. The average Bonchev–Trinajstić information content (AvgIpc) is 3.10. The van der Waals surface area contributed by atoms with E-state index in [1.54, 1.807) is 0 Å². The Morgan fingerprint density at radius 1 is 1.14 bits per heavy atom. The van der Waals surface area contributed by atoms with Crippen molar-refractivity contribution in [1.29, 1.82) is 0 Å². The van der Waals surface area contributed by atoms with Crippen LogP contribution in [-0.2, 0) is 22.6 Å². The maximum atomic E-state index is 11.6. The molecule has 2 amide bonds. The minimum Gasteiger partial charge on any atom is -0.276 e. The Labute approximate surface area is 127 Å². The van der Waals surface area contributed by atoms with Gasteiger partial charge in [-0.2, -0.15) is 0 Å². The maximum absolute atomic E-state index is 11.6. The van der Waals surface area contributed by atoms with Gasteiger partial charge in [0.1, 0.15) is 5.01 Å². The van der Waals surface area contributed by atoms with E-state index in [2.05, 4.69) is 36.2 Å². The Morgan fingerprint density at radius 2 is 1.81 bits per heavy atom. The number of hydrogen-bond donors (Lipinski definition) is 0. The van der Waals surface area contributed by atoms with Crippen molar-refractivity contribution in [3.63, 3.8) is 0 Å². The molecule has 0 N–H and O–H groups in total. The molecule has 0 unspecified atom stereocenters. The van der Waals surface area contributed by atoms with E-state index in [1.807, 2.05) is 5.38 Å². The van der Waals surface area contributed by atoms with Crippen molar-refractivity contribution < 1.29 is 9.59 Å². The third-order valence-corrected chi connectivity index (χ3v) is 4.49. The molecule has 0 spiro atoms. The number of thiazole rings is 1. The van der Waals surface area contributed by atoms with E-state index in [-0.39, 0.29) is 11.8 Å². The lowest BCUT2D eigenvalue weighted by atomic mass is 10.1. The minimum absolute atomic E-state index is 0.0935. The molecule has 108 valence electrons. The smallest absolute Gasteiger partial charge is 0.230 e. The van der Waals surface area contributed by atoms with Crippen molar-refractivity contribution >= 4 is 23.2 Å². The van der Waals surface area contributed by atoms with Gasteiger partial charge >= 0.3 is 0 Å². The SMILES string of the molecule is CCc1ccc(-c2csc(CN3C(=O)CCC3=O)n2)cc1. The van der Waals surface area contributed by atoms with E-state index >= 15 is 0 Å². The van der Waals surface area contributed by atoms with Gasteiger partial charge in [0.05, 0.1) is 12.2 Å². The minimum atomic E-state index is -0.0935. The van der Waals surface area contributed by atoms with Crippen LogP contribution < -0.4 is 0 Å². The molecule has 0 bridgehead atoms. The molecule has 1 aromatic carbocycles. The normalized spacial score (nSPS) is 15.0. The summed E-state index contributed by atoms with van der Waals surface area (Å²) < 4.78 is 0. The van der Waals surface area contributed by atoms with Crippen molar-refractivity contribution in [2.75, 3.05) is 0 Å². The van der Waals surface area contributed by atoms with Crippen LogP contribution in [0.5, 0.6) is 0 Å². The highest BCUT2D eigenvalue weighted by molar-refractivity contribution is 7.09. The molecule has 0 radical (unpaired) electrons. The second kappa shape index (κ2) is 5.77. The summed E-state index contributed by atoms with van der Waals surface area (Å²) in [6, 6.07) is 8.32. The van der Waals surface area contributed by atoms with E-state index in [0.29, 0.717) is 19.4 Å². The number of amides is 2. The third kappa shape index (κ3) is 2.88. The Kier molecular flexibility index (Phi) is 3.84. The van der Waals surface area contributed by atoms with Crippen LogP contribution in [0.1, 0.15) is 30.3 Å². The molecule has 0 saturated carbocycles. The molecule has 2 heterocycles. The van der Waals surface area contributed by atoms with Crippen LogP contribution in [0, 0.1) is 0 Å². The molecule has 1 aromatic heterocycles. The number of carbonyl (C=O) groups excluding carboxylic acids is 2. The van der Waals surface area contributed by atoms with Gasteiger partial charge in [-0.05, 0) is 12.0 Å². The summed E-state index contributed by atoms with van der Waals surface area (Å²) in [4.78, 5) is 29.1. The summed E-state index contributed by atoms with van der Waals surface area (Å²) in [7, 11) is 0. The summed E-state index contributed by atoms with van der Waals surface area (Å²) in [5.74, 6) is -0.187. The zero-order chi connectivity index (χ0) is 14.8. The molecule has 3 rings (SSSR count). The number of likely N-dealkylation sites (tertiary alicyclic amines) is 1. The Morgan fingerprint density at radius 3 is 2.43 bits per heavy atom. The Balaban J connectivity index is 1.76. The second-order valence-corrected chi connectivity index (χ2v) is 5.99. The van der Waals surface area contributed by atoms with Crippen LogP contribution in [0.25, 0.3) is 11.3 Å². The molecule has 5 heteroatoms. The predicted octanol–water partition coefficient (Wildman–Crippen LogP) is 3.02. The van der Waals surface area contributed by atoms with Gasteiger partial charge in [-0.1, -0.05) is 31.2 Å². The van der Waals surface area contributed by atoms with Crippen molar-refractivity contribution in [3.05, 3.63) is 40.2 Å². The third-order valence-electron chi connectivity index (χ3n) is 3.66. The lowest BCUT2D eigenvalue weighted by molar-refractivity contribution is -0.139. The number of nitrogens with zero attached hydrogens (tertiary/aromatic N) is 2. The van der Waals surface area contributed by atoms with Gasteiger partial charge in [-0.15, -0.1) is 11.3 Å². The summed E-state index contributed by atoms with van der Waals surface area (Å²) in [6.45, 7) is 2.43. The molecule has 1 aliphatic rings. The van der Waals surface area contributed by atoms with Gasteiger partial charge in [0.25, 0.3) is 0 Å². The zero-order valence-electron chi connectivity index (χ0n) is 11.8. The van der Waals surface area contributed by atoms with E-state index in [9.17, 15) is 9.59 Å². The van der Waals surface area contributed by atoms with Crippen LogP contribution >= 0.6 is 11.3 Å². The fourth-order valence-electron chi connectivity index (χ4n) is 2.36. The number of benzene rings is 1. The standard InChI is InChI=1S/C16H16N2O2S/c1-2-11-3-5-12(6-4-11)13-10-21-14(17-13)9-18-15(19)7-8-16(18)20/h3-6,10H,2,7-9H2,1H3. The van der Waals surface area contributed by atoms with E-state index in [0.717, 1.165) is 22.7 Å². The number of carbonyl (C=O) groups is 2. The highest BCUT2D eigenvalue weighted by atomic mass is 32.1. The van der Waals surface area contributed by atoms with Crippen molar-refractivity contribution in [1.82, 2.24) is 9.88 Å². The molecule has 2 aromatic rings. The van der Waals surface area contributed by atoms with Crippen LogP contribution in [0.2, 0.25) is 0 Å². The van der Waals surface area contributed by atoms with Crippen LogP contribution in [-0.4, -0.2) is 21.7 Å². The quantitative estimate of drug-likeness (QED) is 0.816. The molecule has 1 aliphatic heterocycles. The molecule has 1 fully saturated rings. The van der Waals surface area contributed by atoms with Crippen molar-refractivity contribution in [2.24, 2.45) is 0 Å². The topological polar surface area (TPSA) is 50.3 Å². The fraction of sp³-hybridized carbons (Fsp3) is 0.312. The van der Waals surface area contributed by atoms with Crippen LogP contribution in [0.4, 0.5) is 0 Å². The monoisotopic (exact) mass is 300 g/mol. The van der Waals surface area contributed by atoms with Gasteiger partial charge in [0.15, 0.2) is 0 Å². The average molecular weight is 300 g/mol. The molecular weight excluding hydrogens is 284 g/mol. The number of hydrogen-bond acceptors (Lipinski definition) is 4. The van der Waals surface area contributed by atoms with E-state index in [1.165, 1.54) is 21.8 Å². The largest absolute Gasteiger partial charge is 0.276 e. The van der Waals surface area contributed by atoms with Crippen molar-refractivity contribution in [2.45, 2.75) is 32.7 Å². The van der Waals surface area contributed by atoms with Gasteiger partial charge in [-0.25, -0.2) is 4.98 Å². The molecule has 21 heavy (non-hydrogen) atoms. The van der Waals surface area contributed by atoms with Gasteiger partial charge in [0, 0.05) is 23.8 Å². The summed E-state index contributed by atoms with van der Waals surface area (Å²) in [6.07, 6.45) is 1.67. The highest BCUT2D eigenvalue weighted by Gasteiger charge is 2.29. The summed E-state index contributed by atoms with van der Waals surface area (Å²) >= 11 is 1.49. The van der Waals surface area contributed by atoms with E-state index in [4.69, 9.17) is 0 Å². The van der Waals surface area contributed by atoms with Crippen LogP contribution in [0.3, 0.4) is 0 Å². The molecular formula is C16H16N2O2S. The summed E-state index contributed by atoms with van der Waals surface area (Å²) in [5.41, 5.74) is 3.26. The highest BCUT2D eigenvalue weighted by Crippen LogP contribution is 2.24. The number of imide groups is 1. The number of rotatable bonds is 4. The number of aryl methyl sites for hydroxylation is 1. The maximum Gasteiger partial charge on any atom is 0.230 e. The Bertz CT molecular complexity index is 660. The van der Waals surface area contributed by atoms with E-state index < -0.39 is 0 Å². The molecule has 0 aliphatic carbocycles. The lowest BCUT2D eigenvalue weighted by Crippen LogP contribution is -2.28. The number of aromatic nitrogens is 1. The van der Waals surface area contributed by atoms with Crippen molar-refractivity contribution in [3.8, 4) is 11.3 Å². The summed E-state index contributed by atoms with van der Waals surface area (Å²) in [5, 5.41) is 2.77. The first-order chi connectivity index (χ1) is 10.2. The first kappa shape index (κ1) is 13.9. The second-order valence-electron chi connectivity index (χ2n) is 5.05. The van der Waals surface area contributed by atoms with Gasteiger partial charge in [-0.3, -0.25) is 14.5 Å². The van der Waals surface area contributed by atoms with Gasteiger partial charge < -0.3 is 0 Å². The first-order valence-electron chi connectivity index (χ1n) is 7.04. The van der Waals surface area contributed by atoms with Gasteiger partial charge in [0.2, 0.25) is 11.8 Å². The first-order valence-corrected chi connectivity index (χ1v) is 7.92. The molecule has 0 atom stereocenters. The van der Waals surface area contributed by atoms with Crippen LogP contribution in [0.15, 0.2) is 29.6 Å². The molecule has 1 saturated heterocycles. The zero-order valence-corrected chi connectivity index (χ0v) is 12.7. The predicted molar refractivity (Wildman–Crippen MR) is 81.7 cm³/mol. The lowest BCUT2D eigenvalue weighted by Gasteiger charge is -2.10.